The summed E-state index contributed by atoms with van der Waals surface area (Å²) in [6.45, 7) is 2.37. The molecule has 0 aliphatic carbocycles. The Labute approximate surface area is 132 Å². The Bertz CT molecular complexity index is 867. The summed E-state index contributed by atoms with van der Waals surface area (Å²) in [6, 6.07) is 14.9. The minimum absolute atomic E-state index is 0.173. The number of fused-ring (bicyclic) bond motifs is 1. The maximum Gasteiger partial charge on any atom is 0.323 e. The first kappa shape index (κ1) is 14.9. The quantitative estimate of drug-likeness (QED) is 0.596. The van der Waals surface area contributed by atoms with Crippen molar-refractivity contribution in [1.82, 2.24) is 20.6 Å². The molecule has 23 heavy (non-hydrogen) atoms. The number of urea groups is 1. The van der Waals surface area contributed by atoms with Crippen molar-refractivity contribution in [2.75, 3.05) is 0 Å². The zero-order chi connectivity index (χ0) is 16.2. The molecule has 3 rings (SSSR count). The molecule has 1 aromatic heterocycles. The van der Waals surface area contributed by atoms with Crippen LogP contribution in [-0.2, 0) is 6.54 Å². The summed E-state index contributed by atoms with van der Waals surface area (Å²) < 4.78 is 0. The second-order valence-electron chi connectivity index (χ2n) is 5.42. The number of hydrogen-bond acceptors (Lipinski definition) is 2. The third-order valence-electron chi connectivity index (χ3n) is 3.68. The molecule has 0 unspecified atom stereocenters. The van der Waals surface area contributed by atoms with Gasteiger partial charge in [-0.25, -0.2) is 9.59 Å². The summed E-state index contributed by atoms with van der Waals surface area (Å²) in [4.78, 5) is 28.7. The van der Waals surface area contributed by atoms with Gasteiger partial charge in [-0.1, -0.05) is 36.4 Å². The van der Waals surface area contributed by atoms with E-state index in [1.54, 1.807) is 0 Å². The van der Waals surface area contributed by atoms with E-state index in [1.165, 1.54) is 0 Å². The number of aromatic nitrogens is 2. The fourth-order valence-corrected chi connectivity index (χ4v) is 2.43. The summed E-state index contributed by atoms with van der Waals surface area (Å²) in [6.07, 6.45) is 0. The van der Waals surface area contributed by atoms with Crippen molar-refractivity contribution in [2.24, 2.45) is 0 Å². The van der Waals surface area contributed by atoms with Crippen LogP contribution < -0.4 is 16.3 Å². The van der Waals surface area contributed by atoms with Gasteiger partial charge in [-0.05, 0) is 30.2 Å². The van der Waals surface area contributed by atoms with Crippen LogP contribution >= 0.6 is 0 Å². The monoisotopic (exact) mass is 310 g/mol. The first-order valence-electron chi connectivity index (χ1n) is 7.42. The lowest BCUT2D eigenvalue weighted by atomic mass is 10.1. The number of nitrogens with one attached hydrogen (secondary N) is 4. The van der Waals surface area contributed by atoms with Crippen molar-refractivity contribution in [3.8, 4) is 0 Å². The largest absolute Gasteiger partial charge is 0.334 e. The van der Waals surface area contributed by atoms with E-state index in [0.29, 0.717) is 6.54 Å². The van der Waals surface area contributed by atoms with E-state index in [2.05, 4.69) is 20.6 Å². The second-order valence-corrected chi connectivity index (χ2v) is 5.42. The van der Waals surface area contributed by atoms with Crippen molar-refractivity contribution >= 4 is 17.1 Å². The predicted molar refractivity (Wildman–Crippen MR) is 89.1 cm³/mol. The number of H-pyrrole nitrogens is 2. The number of carbonyl (C=O) groups excluding carboxylic acids is 1. The number of aromatic amines is 2. The lowest BCUT2D eigenvalue weighted by molar-refractivity contribution is 0.237. The number of imidazole rings is 1. The molecular formula is C17H18N4O2. The Balaban J connectivity index is 1.61. The average molecular weight is 310 g/mol. The Hall–Kier alpha value is -3.02. The van der Waals surface area contributed by atoms with Gasteiger partial charge >= 0.3 is 11.7 Å². The van der Waals surface area contributed by atoms with Gasteiger partial charge in [0.2, 0.25) is 0 Å². The van der Waals surface area contributed by atoms with E-state index < -0.39 is 0 Å². The predicted octanol–water partition coefficient (Wildman–Crippen LogP) is 2.42. The molecule has 4 N–H and O–H groups in total. The zero-order valence-corrected chi connectivity index (χ0v) is 12.7. The summed E-state index contributed by atoms with van der Waals surface area (Å²) in [5, 5.41) is 5.71. The molecule has 0 fully saturated rings. The van der Waals surface area contributed by atoms with Crippen molar-refractivity contribution in [3.05, 3.63) is 70.1 Å². The second kappa shape index (κ2) is 6.39. The number of rotatable bonds is 4. The summed E-state index contributed by atoms with van der Waals surface area (Å²) >= 11 is 0. The van der Waals surface area contributed by atoms with E-state index in [1.807, 2.05) is 55.5 Å². The topological polar surface area (TPSA) is 89.8 Å². The molecular weight excluding hydrogens is 292 g/mol. The molecule has 6 nitrogen and oxygen atoms in total. The molecule has 1 heterocycles. The SMILES string of the molecule is C[C@@H](NC(=O)NCc1ccccc1)c1ccc2[nH]c(=O)[nH]c2c1. The van der Waals surface area contributed by atoms with Crippen LogP contribution in [0.3, 0.4) is 0 Å². The highest BCUT2D eigenvalue weighted by Crippen LogP contribution is 2.16. The molecule has 0 spiro atoms. The van der Waals surface area contributed by atoms with Crippen LogP contribution in [-0.4, -0.2) is 16.0 Å². The number of carbonyl (C=O) groups is 1. The maximum absolute atomic E-state index is 12.0. The maximum atomic E-state index is 12.0. The molecule has 0 bridgehead atoms. The van der Waals surface area contributed by atoms with Gasteiger partial charge in [0.25, 0.3) is 0 Å². The number of hydrogen-bond donors (Lipinski definition) is 4. The van der Waals surface area contributed by atoms with Crippen LogP contribution in [0.4, 0.5) is 4.79 Å². The molecule has 3 aromatic rings. The average Bonchev–Trinajstić information content (AvgIpc) is 2.93. The normalized spacial score (nSPS) is 12.0. The van der Waals surface area contributed by atoms with Gasteiger partial charge in [0.15, 0.2) is 0 Å². The van der Waals surface area contributed by atoms with Crippen LogP contribution in [0.5, 0.6) is 0 Å². The Kier molecular flexibility index (Phi) is 4.14. The highest BCUT2D eigenvalue weighted by Gasteiger charge is 2.10. The lowest BCUT2D eigenvalue weighted by Crippen LogP contribution is -2.36. The van der Waals surface area contributed by atoms with Gasteiger partial charge in [0.05, 0.1) is 17.1 Å². The summed E-state index contributed by atoms with van der Waals surface area (Å²) in [5.41, 5.74) is 3.20. The van der Waals surface area contributed by atoms with Crippen molar-refractivity contribution in [1.29, 1.82) is 0 Å². The summed E-state index contributed by atoms with van der Waals surface area (Å²) in [5.74, 6) is 0. The molecule has 0 radical (unpaired) electrons. The van der Waals surface area contributed by atoms with Gasteiger partial charge in [-0.15, -0.1) is 0 Å². The van der Waals surface area contributed by atoms with E-state index in [-0.39, 0.29) is 17.8 Å². The molecule has 0 saturated carbocycles. The van der Waals surface area contributed by atoms with Crippen molar-refractivity contribution < 1.29 is 4.79 Å². The van der Waals surface area contributed by atoms with Crippen LogP contribution in [0.2, 0.25) is 0 Å². The van der Waals surface area contributed by atoms with Gasteiger partial charge < -0.3 is 20.6 Å². The fraction of sp³-hybridized carbons (Fsp3) is 0.176. The minimum Gasteiger partial charge on any atom is -0.334 e. The van der Waals surface area contributed by atoms with Crippen LogP contribution in [0, 0.1) is 0 Å². The zero-order valence-electron chi connectivity index (χ0n) is 12.7. The van der Waals surface area contributed by atoms with Crippen molar-refractivity contribution in [3.63, 3.8) is 0 Å². The molecule has 0 aliphatic rings. The Morgan fingerprint density at radius 3 is 2.61 bits per heavy atom. The highest BCUT2D eigenvalue weighted by molar-refractivity contribution is 5.77. The van der Waals surface area contributed by atoms with Gasteiger partial charge in [-0.2, -0.15) is 0 Å². The highest BCUT2D eigenvalue weighted by atomic mass is 16.2. The van der Waals surface area contributed by atoms with Crippen LogP contribution in [0.1, 0.15) is 24.1 Å². The third kappa shape index (κ3) is 3.60. The standard InChI is InChI=1S/C17H18N4O2/c1-11(13-7-8-14-15(9-13)21-17(23)20-14)19-16(22)18-10-12-5-3-2-4-6-12/h2-9,11H,10H2,1H3,(H2,18,19,22)(H2,20,21,23)/t11-/m1/s1. The van der Waals surface area contributed by atoms with Crippen molar-refractivity contribution in [2.45, 2.75) is 19.5 Å². The molecule has 2 aromatic carbocycles. The summed E-state index contributed by atoms with van der Waals surface area (Å²) in [7, 11) is 0. The fourth-order valence-electron chi connectivity index (χ4n) is 2.43. The van der Waals surface area contributed by atoms with Crippen LogP contribution in [0.15, 0.2) is 53.3 Å². The molecule has 2 amide bonds. The Morgan fingerprint density at radius 1 is 1.09 bits per heavy atom. The third-order valence-corrected chi connectivity index (χ3v) is 3.68. The van der Waals surface area contributed by atoms with E-state index in [4.69, 9.17) is 0 Å². The lowest BCUT2D eigenvalue weighted by Gasteiger charge is -2.15. The van der Waals surface area contributed by atoms with Gasteiger partial charge in [0, 0.05) is 6.54 Å². The molecule has 118 valence electrons. The molecule has 0 saturated heterocycles. The molecule has 1 atom stereocenters. The number of amides is 2. The molecule has 0 aliphatic heterocycles. The van der Waals surface area contributed by atoms with Gasteiger partial charge in [-0.3, -0.25) is 0 Å². The van der Waals surface area contributed by atoms with Gasteiger partial charge in [0.1, 0.15) is 0 Å². The first-order chi connectivity index (χ1) is 11.1. The van der Waals surface area contributed by atoms with Crippen LogP contribution in [0.25, 0.3) is 11.0 Å². The smallest absolute Gasteiger partial charge is 0.323 e. The first-order valence-corrected chi connectivity index (χ1v) is 7.42. The molecule has 6 heteroatoms. The van der Waals surface area contributed by atoms with E-state index in [0.717, 1.165) is 22.2 Å². The Morgan fingerprint density at radius 2 is 1.83 bits per heavy atom. The number of benzene rings is 2. The van der Waals surface area contributed by atoms with E-state index in [9.17, 15) is 9.59 Å². The minimum atomic E-state index is -0.238. The van der Waals surface area contributed by atoms with E-state index >= 15 is 0 Å².